The van der Waals surface area contributed by atoms with Gasteiger partial charge in [-0.2, -0.15) is 0 Å². The number of pyridine rings is 2. The molecule has 2 aromatic rings. The minimum atomic E-state index is -0.338. The van der Waals surface area contributed by atoms with Crippen molar-refractivity contribution in [3.8, 4) is 0 Å². The number of amides is 1. The van der Waals surface area contributed by atoms with Crippen LogP contribution in [0.25, 0.3) is 0 Å². The molecule has 92 valence electrons. The second kappa shape index (κ2) is 5.33. The zero-order chi connectivity index (χ0) is 13.1. The molecule has 0 bridgehead atoms. The van der Waals surface area contributed by atoms with Gasteiger partial charge in [-0.1, -0.05) is 23.2 Å². The van der Waals surface area contributed by atoms with E-state index < -0.39 is 0 Å². The molecule has 0 saturated heterocycles. The summed E-state index contributed by atoms with van der Waals surface area (Å²) in [4.78, 5) is 19.8. The van der Waals surface area contributed by atoms with Crippen LogP contribution in [-0.2, 0) is 0 Å². The number of hydrogen-bond donors (Lipinski definition) is 1. The molecule has 1 amide bonds. The van der Waals surface area contributed by atoms with Gasteiger partial charge < -0.3 is 5.32 Å². The third-order valence-corrected chi connectivity index (χ3v) is 2.73. The molecule has 0 spiro atoms. The number of carbonyl (C=O) groups is 1. The summed E-state index contributed by atoms with van der Waals surface area (Å²) in [6.45, 7) is 1.84. The van der Waals surface area contributed by atoms with E-state index in [1.807, 2.05) is 6.92 Å². The van der Waals surface area contributed by atoms with E-state index in [4.69, 9.17) is 23.2 Å². The van der Waals surface area contributed by atoms with Crippen LogP contribution in [0.15, 0.2) is 30.6 Å². The first kappa shape index (κ1) is 12.8. The van der Waals surface area contributed by atoms with Crippen molar-refractivity contribution in [1.29, 1.82) is 0 Å². The van der Waals surface area contributed by atoms with Gasteiger partial charge in [0.15, 0.2) is 0 Å². The van der Waals surface area contributed by atoms with Gasteiger partial charge in [-0.05, 0) is 25.1 Å². The minimum Gasteiger partial charge on any atom is -0.322 e. The molecule has 0 saturated carbocycles. The second-order valence-corrected chi connectivity index (χ2v) is 4.42. The highest BCUT2D eigenvalue weighted by atomic mass is 35.5. The molecule has 2 heterocycles. The minimum absolute atomic E-state index is 0.218. The maximum Gasteiger partial charge on any atom is 0.257 e. The lowest BCUT2D eigenvalue weighted by Gasteiger charge is -2.07. The van der Waals surface area contributed by atoms with E-state index in [1.54, 1.807) is 18.3 Å². The lowest BCUT2D eigenvalue weighted by molar-refractivity contribution is 0.102. The van der Waals surface area contributed by atoms with Gasteiger partial charge >= 0.3 is 0 Å². The SMILES string of the molecule is Cc1cc(NC(=O)c2cc(Cl)ncc2Cl)ccn1. The van der Waals surface area contributed by atoms with Crippen LogP contribution in [0.1, 0.15) is 16.1 Å². The van der Waals surface area contributed by atoms with Crippen LogP contribution < -0.4 is 5.32 Å². The van der Waals surface area contributed by atoms with Crippen LogP contribution in [0, 0.1) is 6.92 Å². The zero-order valence-corrected chi connectivity index (χ0v) is 11.0. The van der Waals surface area contributed by atoms with Crippen LogP contribution in [0.5, 0.6) is 0 Å². The van der Waals surface area contributed by atoms with Gasteiger partial charge in [0.25, 0.3) is 5.91 Å². The quantitative estimate of drug-likeness (QED) is 0.859. The predicted octanol–water partition coefficient (Wildman–Crippen LogP) is 3.34. The van der Waals surface area contributed by atoms with Crippen LogP contribution in [0.2, 0.25) is 10.2 Å². The number of halogens is 2. The molecule has 1 N–H and O–H groups in total. The van der Waals surface area contributed by atoms with Crippen molar-refractivity contribution in [2.45, 2.75) is 6.92 Å². The molecule has 0 aromatic carbocycles. The molecule has 0 aliphatic rings. The largest absolute Gasteiger partial charge is 0.322 e. The van der Waals surface area contributed by atoms with Crippen molar-refractivity contribution in [1.82, 2.24) is 9.97 Å². The van der Waals surface area contributed by atoms with Gasteiger partial charge in [0, 0.05) is 23.8 Å². The third-order valence-electron chi connectivity index (χ3n) is 2.22. The normalized spacial score (nSPS) is 10.2. The van der Waals surface area contributed by atoms with Gasteiger partial charge in [0.2, 0.25) is 0 Å². The van der Waals surface area contributed by atoms with Crippen molar-refractivity contribution in [2.75, 3.05) is 5.32 Å². The Labute approximate surface area is 114 Å². The first-order chi connectivity index (χ1) is 8.56. The van der Waals surface area contributed by atoms with E-state index in [0.717, 1.165) is 5.69 Å². The molecule has 0 unspecified atom stereocenters. The molecule has 6 heteroatoms. The Balaban J connectivity index is 2.24. The van der Waals surface area contributed by atoms with Gasteiger partial charge in [-0.15, -0.1) is 0 Å². The van der Waals surface area contributed by atoms with Crippen molar-refractivity contribution in [3.63, 3.8) is 0 Å². The first-order valence-corrected chi connectivity index (χ1v) is 5.87. The maximum absolute atomic E-state index is 12.0. The van der Waals surface area contributed by atoms with E-state index in [9.17, 15) is 4.79 Å². The zero-order valence-electron chi connectivity index (χ0n) is 9.45. The Kier molecular flexibility index (Phi) is 3.79. The summed E-state index contributed by atoms with van der Waals surface area (Å²) in [7, 11) is 0. The molecule has 18 heavy (non-hydrogen) atoms. The molecule has 4 nitrogen and oxygen atoms in total. The molecule has 0 atom stereocenters. The Bertz CT molecular complexity index is 602. The summed E-state index contributed by atoms with van der Waals surface area (Å²) in [5, 5.41) is 3.19. The molecule has 0 radical (unpaired) electrons. The fourth-order valence-electron chi connectivity index (χ4n) is 1.41. The summed E-state index contributed by atoms with van der Waals surface area (Å²) in [6.07, 6.45) is 2.96. The topological polar surface area (TPSA) is 54.9 Å². The first-order valence-electron chi connectivity index (χ1n) is 5.11. The van der Waals surface area contributed by atoms with E-state index in [0.29, 0.717) is 5.69 Å². The number of hydrogen-bond acceptors (Lipinski definition) is 3. The van der Waals surface area contributed by atoms with Crippen LogP contribution in [-0.4, -0.2) is 15.9 Å². The van der Waals surface area contributed by atoms with Crippen molar-refractivity contribution >= 4 is 34.8 Å². The van der Waals surface area contributed by atoms with Gasteiger partial charge in [-0.3, -0.25) is 9.78 Å². The van der Waals surface area contributed by atoms with Gasteiger partial charge in [0.1, 0.15) is 5.15 Å². The molecular formula is C12H9Cl2N3O. The van der Waals surface area contributed by atoms with E-state index in [2.05, 4.69) is 15.3 Å². The third kappa shape index (κ3) is 2.97. The number of anilines is 1. The predicted molar refractivity (Wildman–Crippen MR) is 71.2 cm³/mol. The van der Waals surface area contributed by atoms with Crippen molar-refractivity contribution < 1.29 is 4.79 Å². The monoisotopic (exact) mass is 281 g/mol. The van der Waals surface area contributed by atoms with Crippen molar-refractivity contribution in [3.05, 3.63) is 52.0 Å². The average molecular weight is 282 g/mol. The van der Waals surface area contributed by atoms with E-state index in [-0.39, 0.29) is 21.6 Å². The number of nitrogens with zero attached hydrogens (tertiary/aromatic N) is 2. The van der Waals surface area contributed by atoms with E-state index in [1.165, 1.54) is 12.3 Å². The number of aromatic nitrogens is 2. The smallest absolute Gasteiger partial charge is 0.257 e. The molecule has 0 aliphatic carbocycles. The maximum atomic E-state index is 12.0. The van der Waals surface area contributed by atoms with E-state index >= 15 is 0 Å². The lowest BCUT2D eigenvalue weighted by atomic mass is 10.2. The highest BCUT2D eigenvalue weighted by molar-refractivity contribution is 6.35. The van der Waals surface area contributed by atoms with Crippen LogP contribution in [0.4, 0.5) is 5.69 Å². The number of rotatable bonds is 2. The van der Waals surface area contributed by atoms with Crippen LogP contribution >= 0.6 is 23.2 Å². The Morgan fingerprint density at radius 3 is 2.78 bits per heavy atom. The summed E-state index contributed by atoms with van der Waals surface area (Å²) >= 11 is 11.6. The molecule has 0 aliphatic heterocycles. The van der Waals surface area contributed by atoms with Gasteiger partial charge in [-0.25, -0.2) is 4.98 Å². The summed E-state index contributed by atoms with van der Waals surface area (Å²) in [6, 6.07) is 4.88. The van der Waals surface area contributed by atoms with Crippen molar-refractivity contribution in [2.24, 2.45) is 0 Å². The van der Waals surface area contributed by atoms with Crippen LogP contribution in [0.3, 0.4) is 0 Å². The average Bonchev–Trinajstić information content (AvgIpc) is 2.32. The standard InChI is InChI=1S/C12H9Cl2N3O/c1-7-4-8(2-3-15-7)17-12(18)9-5-11(14)16-6-10(9)13/h2-6H,1H3,(H,15,17,18). The second-order valence-electron chi connectivity index (χ2n) is 3.63. The summed E-state index contributed by atoms with van der Waals surface area (Å²) in [5.41, 5.74) is 1.74. The molecule has 2 rings (SSSR count). The fraction of sp³-hybridized carbons (Fsp3) is 0.0833. The number of aryl methyl sites for hydroxylation is 1. The van der Waals surface area contributed by atoms with Gasteiger partial charge in [0.05, 0.1) is 10.6 Å². The number of carbonyl (C=O) groups excluding carboxylic acids is 1. The Morgan fingerprint density at radius 1 is 1.28 bits per heavy atom. The lowest BCUT2D eigenvalue weighted by Crippen LogP contribution is -2.13. The molecule has 2 aromatic heterocycles. The summed E-state index contributed by atoms with van der Waals surface area (Å²) < 4.78 is 0. The highest BCUT2D eigenvalue weighted by Gasteiger charge is 2.12. The summed E-state index contributed by atoms with van der Waals surface area (Å²) in [5.74, 6) is -0.338. The Morgan fingerprint density at radius 2 is 2.06 bits per heavy atom. The fourth-order valence-corrected chi connectivity index (χ4v) is 1.76. The number of nitrogens with one attached hydrogen (secondary N) is 1. The molecule has 0 fully saturated rings. The highest BCUT2D eigenvalue weighted by Crippen LogP contribution is 2.19. The Hall–Kier alpha value is -1.65. The molecular weight excluding hydrogens is 273 g/mol.